The lowest BCUT2D eigenvalue weighted by Gasteiger charge is -1.92. The first-order valence-electron chi connectivity index (χ1n) is 3.99. The van der Waals surface area contributed by atoms with Crippen LogP contribution in [0.2, 0.25) is 0 Å². The smallest absolute Gasteiger partial charge is 0.0831 e. The molecule has 0 amide bonds. The second-order valence-electron chi connectivity index (χ2n) is 2.99. The molecule has 0 radical (unpaired) electrons. The van der Waals surface area contributed by atoms with Crippen molar-refractivity contribution in [3.63, 3.8) is 0 Å². The maximum atomic E-state index is 8.90. The maximum Gasteiger partial charge on any atom is 0.0831 e. The van der Waals surface area contributed by atoms with Crippen LogP contribution in [0.5, 0.6) is 0 Å². The summed E-state index contributed by atoms with van der Waals surface area (Å²) < 4.78 is 0. The fourth-order valence-corrected chi connectivity index (χ4v) is 1.45. The first-order valence-corrected chi connectivity index (χ1v) is 3.99. The molecule has 0 saturated heterocycles. The molecular formula is C10H11NO. The van der Waals surface area contributed by atoms with Crippen LogP contribution in [0.3, 0.4) is 0 Å². The van der Waals surface area contributed by atoms with Crippen LogP contribution in [-0.4, -0.2) is 10.1 Å². The Morgan fingerprint density at radius 3 is 2.92 bits per heavy atom. The minimum absolute atomic E-state index is 0.0775. The van der Waals surface area contributed by atoms with Crippen molar-refractivity contribution in [2.24, 2.45) is 0 Å². The van der Waals surface area contributed by atoms with Gasteiger partial charge in [-0.15, -0.1) is 0 Å². The van der Waals surface area contributed by atoms with Gasteiger partial charge in [0.15, 0.2) is 0 Å². The molecule has 2 aromatic rings. The average Bonchev–Trinajstić information content (AvgIpc) is 2.49. The van der Waals surface area contributed by atoms with Crippen LogP contribution >= 0.6 is 0 Å². The molecule has 2 heteroatoms. The van der Waals surface area contributed by atoms with Gasteiger partial charge in [0.1, 0.15) is 0 Å². The second kappa shape index (κ2) is 2.64. The third-order valence-corrected chi connectivity index (χ3v) is 2.11. The maximum absolute atomic E-state index is 8.90. The van der Waals surface area contributed by atoms with E-state index < -0.39 is 0 Å². The summed E-state index contributed by atoms with van der Waals surface area (Å²) in [7, 11) is 0. The van der Waals surface area contributed by atoms with Crippen LogP contribution in [0, 0.1) is 6.92 Å². The van der Waals surface area contributed by atoms with Gasteiger partial charge in [-0.2, -0.15) is 0 Å². The van der Waals surface area contributed by atoms with Crippen molar-refractivity contribution in [3.8, 4) is 0 Å². The van der Waals surface area contributed by atoms with Crippen LogP contribution in [0.25, 0.3) is 10.9 Å². The SMILES string of the molecule is Cc1cccc2[nH]c(CO)cc12. The number of rotatable bonds is 1. The molecule has 12 heavy (non-hydrogen) atoms. The van der Waals surface area contributed by atoms with E-state index in [2.05, 4.69) is 18.0 Å². The van der Waals surface area contributed by atoms with Crippen LogP contribution in [0.15, 0.2) is 24.3 Å². The van der Waals surface area contributed by atoms with Crippen LogP contribution in [0.1, 0.15) is 11.3 Å². The normalized spacial score (nSPS) is 10.8. The van der Waals surface area contributed by atoms with E-state index in [0.717, 1.165) is 11.2 Å². The zero-order valence-corrected chi connectivity index (χ0v) is 6.96. The summed E-state index contributed by atoms with van der Waals surface area (Å²) in [5, 5.41) is 10.1. The summed E-state index contributed by atoms with van der Waals surface area (Å²) in [6.07, 6.45) is 0. The molecule has 1 heterocycles. The molecule has 0 aliphatic heterocycles. The molecule has 0 atom stereocenters. The number of hydrogen-bond acceptors (Lipinski definition) is 1. The highest BCUT2D eigenvalue weighted by atomic mass is 16.3. The fourth-order valence-electron chi connectivity index (χ4n) is 1.45. The lowest BCUT2D eigenvalue weighted by Crippen LogP contribution is -1.78. The van der Waals surface area contributed by atoms with Crippen molar-refractivity contribution >= 4 is 10.9 Å². The highest BCUT2D eigenvalue weighted by Crippen LogP contribution is 2.18. The van der Waals surface area contributed by atoms with Crippen molar-refractivity contribution in [2.45, 2.75) is 13.5 Å². The van der Waals surface area contributed by atoms with Gasteiger partial charge in [0, 0.05) is 16.6 Å². The van der Waals surface area contributed by atoms with Crippen molar-refractivity contribution in [1.29, 1.82) is 0 Å². The summed E-state index contributed by atoms with van der Waals surface area (Å²) in [5.41, 5.74) is 3.21. The molecule has 1 aromatic carbocycles. The number of nitrogens with one attached hydrogen (secondary N) is 1. The number of benzene rings is 1. The molecule has 62 valence electrons. The Hall–Kier alpha value is -1.28. The number of hydrogen-bond donors (Lipinski definition) is 2. The minimum Gasteiger partial charge on any atom is -0.390 e. The van der Waals surface area contributed by atoms with Gasteiger partial charge in [0.05, 0.1) is 6.61 Å². The third kappa shape index (κ3) is 1.01. The Balaban J connectivity index is 2.74. The van der Waals surface area contributed by atoms with E-state index in [1.54, 1.807) is 0 Å². The molecule has 0 spiro atoms. The Morgan fingerprint density at radius 1 is 1.42 bits per heavy atom. The Labute approximate surface area is 70.8 Å². The van der Waals surface area contributed by atoms with Gasteiger partial charge in [0.2, 0.25) is 0 Å². The molecule has 2 rings (SSSR count). The van der Waals surface area contributed by atoms with E-state index in [-0.39, 0.29) is 6.61 Å². The van der Waals surface area contributed by atoms with Gasteiger partial charge in [-0.1, -0.05) is 12.1 Å². The molecule has 1 aromatic heterocycles. The molecule has 0 aliphatic carbocycles. The first kappa shape index (κ1) is 7.37. The summed E-state index contributed by atoms with van der Waals surface area (Å²) in [6.45, 7) is 2.14. The van der Waals surface area contributed by atoms with Gasteiger partial charge < -0.3 is 10.1 Å². The molecule has 0 unspecified atom stereocenters. The number of fused-ring (bicyclic) bond motifs is 1. The van der Waals surface area contributed by atoms with E-state index in [0.29, 0.717) is 0 Å². The number of aromatic amines is 1. The van der Waals surface area contributed by atoms with Crippen molar-refractivity contribution in [2.75, 3.05) is 0 Å². The fraction of sp³-hybridized carbons (Fsp3) is 0.200. The van der Waals surface area contributed by atoms with Crippen LogP contribution in [-0.2, 0) is 6.61 Å². The van der Waals surface area contributed by atoms with E-state index in [1.807, 2.05) is 18.2 Å². The number of aromatic nitrogens is 1. The number of aryl methyl sites for hydroxylation is 1. The van der Waals surface area contributed by atoms with Gasteiger partial charge >= 0.3 is 0 Å². The summed E-state index contributed by atoms with van der Waals surface area (Å²) in [6, 6.07) is 8.08. The van der Waals surface area contributed by atoms with Crippen molar-refractivity contribution in [3.05, 3.63) is 35.5 Å². The zero-order valence-electron chi connectivity index (χ0n) is 6.96. The topological polar surface area (TPSA) is 36.0 Å². The number of aliphatic hydroxyl groups is 1. The second-order valence-corrected chi connectivity index (χ2v) is 2.99. The van der Waals surface area contributed by atoms with Crippen LogP contribution < -0.4 is 0 Å². The Morgan fingerprint density at radius 2 is 2.25 bits per heavy atom. The van der Waals surface area contributed by atoms with E-state index in [9.17, 15) is 0 Å². The largest absolute Gasteiger partial charge is 0.390 e. The minimum atomic E-state index is 0.0775. The average molecular weight is 161 g/mol. The molecular weight excluding hydrogens is 150 g/mol. The highest BCUT2D eigenvalue weighted by Gasteiger charge is 2.00. The Kier molecular flexibility index (Phi) is 1.62. The molecule has 0 bridgehead atoms. The molecule has 0 fully saturated rings. The summed E-state index contributed by atoms with van der Waals surface area (Å²) in [4.78, 5) is 3.14. The van der Waals surface area contributed by atoms with Crippen molar-refractivity contribution in [1.82, 2.24) is 4.98 Å². The quantitative estimate of drug-likeness (QED) is 0.659. The van der Waals surface area contributed by atoms with Gasteiger partial charge in [0.25, 0.3) is 0 Å². The predicted molar refractivity (Wildman–Crippen MR) is 49.0 cm³/mol. The van der Waals surface area contributed by atoms with Crippen molar-refractivity contribution < 1.29 is 5.11 Å². The standard InChI is InChI=1S/C10H11NO/c1-7-3-2-4-10-9(7)5-8(6-12)11-10/h2-5,11-12H,6H2,1H3. The van der Waals surface area contributed by atoms with Gasteiger partial charge in [-0.05, 0) is 24.6 Å². The van der Waals surface area contributed by atoms with Gasteiger partial charge in [-0.25, -0.2) is 0 Å². The van der Waals surface area contributed by atoms with E-state index in [1.165, 1.54) is 10.9 Å². The lowest BCUT2D eigenvalue weighted by molar-refractivity contribution is 0.278. The number of aliphatic hydroxyl groups excluding tert-OH is 1. The third-order valence-electron chi connectivity index (χ3n) is 2.11. The summed E-state index contributed by atoms with van der Waals surface area (Å²) in [5.74, 6) is 0. The summed E-state index contributed by atoms with van der Waals surface area (Å²) >= 11 is 0. The monoisotopic (exact) mass is 161 g/mol. The molecule has 2 nitrogen and oxygen atoms in total. The van der Waals surface area contributed by atoms with Crippen LogP contribution in [0.4, 0.5) is 0 Å². The molecule has 2 N–H and O–H groups in total. The lowest BCUT2D eigenvalue weighted by atomic mass is 10.1. The molecule has 0 saturated carbocycles. The predicted octanol–water partition coefficient (Wildman–Crippen LogP) is 1.97. The highest BCUT2D eigenvalue weighted by molar-refractivity contribution is 5.83. The van der Waals surface area contributed by atoms with E-state index >= 15 is 0 Å². The first-order chi connectivity index (χ1) is 5.81. The van der Waals surface area contributed by atoms with Gasteiger partial charge in [-0.3, -0.25) is 0 Å². The number of H-pyrrole nitrogens is 1. The Bertz CT molecular complexity index is 403. The molecule has 0 aliphatic rings. The zero-order chi connectivity index (χ0) is 8.55. The van der Waals surface area contributed by atoms with E-state index in [4.69, 9.17) is 5.11 Å².